The zero-order valence-electron chi connectivity index (χ0n) is 46.7. The fourth-order valence-electron chi connectivity index (χ4n) is 8.66. The second kappa shape index (κ2) is 52.1. The van der Waals surface area contributed by atoms with Crippen molar-refractivity contribution in [1.82, 2.24) is 5.32 Å². The first-order chi connectivity index (χ1) is 34.0. The summed E-state index contributed by atoms with van der Waals surface area (Å²) in [6.45, 7) is 4.62. The molecule has 0 aliphatic carbocycles. The molecular formula is C61H115N2O6P. The van der Waals surface area contributed by atoms with Crippen LogP contribution in [-0.4, -0.2) is 68.5 Å². The van der Waals surface area contributed by atoms with Gasteiger partial charge in [-0.2, -0.15) is 0 Å². The average molecular weight is 1000 g/mol. The van der Waals surface area contributed by atoms with E-state index in [1.807, 2.05) is 21.1 Å². The van der Waals surface area contributed by atoms with Crippen LogP contribution in [0, 0.1) is 0 Å². The number of phosphoric ester groups is 1. The molecule has 9 heteroatoms. The predicted octanol–water partition coefficient (Wildman–Crippen LogP) is 17.5. The van der Waals surface area contributed by atoms with Crippen LogP contribution in [0.25, 0.3) is 0 Å². The minimum Gasteiger partial charge on any atom is -0.756 e. The van der Waals surface area contributed by atoms with E-state index in [2.05, 4.69) is 79.9 Å². The van der Waals surface area contributed by atoms with Gasteiger partial charge in [-0.05, 0) is 57.8 Å². The molecule has 0 aromatic carbocycles. The number of allylic oxidation sites excluding steroid dienone is 10. The Labute approximate surface area is 434 Å². The van der Waals surface area contributed by atoms with Crippen molar-refractivity contribution in [2.75, 3.05) is 40.9 Å². The summed E-state index contributed by atoms with van der Waals surface area (Å²) in [5.41, 5.74) is 0. The molecule has 3 atom stereocenters. The van der Waals surface area contributed by atoms with Crippen LogP contribution in [0.4, 0.5) is 0 Å². The van der Waals surface area contributed by atoms with Crippen molar-refractivity contribution in [3.8, 4) is 0 Å². The normalized spacial score (nSPS) is 14.3. The van der Waals surface area contributed by atoms with Crippen LogP contribution >= 0.6 is 7.82 Å². The second-order valence-corrected chi connectivity index (χ2v) is 22.7. The highest BCUT2D eigenvalue weighted by molar-refractivity contribution is 7.45. The van der Waals surface area contributed by atoms with Gasteiger partial charge < -0.3 is 28.8 Å². The smallest absolute Gasteiger partial charge is 0.268 e. The third kappa shape index (κ3) is 54.0. The molecule has 0 fully saturated rings. The first-order valence-electron chi connectivity index (χ1n) is 29.6. The molecule has 0 spiro atoms. The van der Waals surface area contributed by atoms with E-state index in [0.717, 1.165) is 83.5 Å². The summed E-state index contributed by atoms with van der Waals surface area (Å²) in [5, 5.41) is 14.0. The summed E-state index contributed by atoms with van der Waals surface area (Å²) >= 11 is 0. The molecule has 0 saturated heterocycles. The molecule has 0 rings (SSSR count). The van der Waals surface area contributed by atoms with Gasteiger partial charge in [0, 0.05) is 6.42 Å². The van der Waals surface area contributed by atoms with E-state index in [1.54, 1.807) is 0 Å². The van der Waals surface area contributed by atoms with Gasteiger partial charge in [-0.1, -0.05) is 267 Å². The fourth-order valence-corrected chi connectivity index (χ4v) is 9.38. The van der Waals surface area contributed by atoms with Gasteiger partial charge in [-0.3, -0.25) is 9.36 Å². The molecule has 0 aliphatic rings. The van der Waals surface area contributed by atoms with Gasteiger partial charge in [-0.25, -0.2) is 0 Å². The Morgan fingerprint density at radius 2 is 0.871 bits per heavy atom. The largest absolute Gasteiger partial charge is 0.756 e. The molecule has 0 bridgehead atoms. The lowest BCUT2D eigenvalue weighted by molar-refractivity contribution is -0.870. The molecule has 0 saturated carbocycles. The quantitative estimate of drug-likeness (QED) is 0.0272. The Kier molecular flexibility index (Phi) is 50.7. The van der Waals surface area contributed by atoms with Crippen LogP contribution < -0.4 is 10.2 Å². The third-order valence-corrected chi connectivity index (χ3v) is 14.2. The number of quaternary nitrogens is 1. The van der Waals surface area contributed by atoms with Gasteiger partial charge in [0.2, 0.25) is 5.91 Å². The van der Waals surface area contributed by atoms with Crippen LogP contribution in [0.15, 0.2) is 60.8 Å². The maximum Gasteiger partial charge on any atom is 0.268 e. The summed E-state index contributed by atoms with van der Waals surface area (Å²) in [6.07, 6.45) is 69.7. The number of phosphoric acid groups is 1. The van der Waals surface area contributed by atoms with Crippen LogP contribution in [-0.2, 0) is 18.4 Å². The molecule has 8 nitrogen and oxygen atoms in total. The van der Waals surface area contributed by atoms with Gasteiger partial charge in [0.05, 0.1) is 39.9 Å². The monoisotopic (exact) mass is 1000 g/mol. The van der Waals surface area contributed by atoms with E-state index < -0.39 is 20.0 Å². The van der Waals surface area contributed by atoms with Crippen molar-refractivity contribution in [2.24, 2.45) is 0 Å². The number of hydrogen-bond donors (Lipinski definition) is 2. The van der Waals surface area contributed by atoms with Crippen LogP contribution in [0.1, 0.15) is 271 Å². The maximum absolute atomic E-state index is 13.0. The van der Waals surface area contributed by atoms with Crippen molar-refractivity contribution in [3.63, 3.8) is 0 Å². The number of hydrogen-bond acceptors (Lipinski definition) is 6. The van der Waals surface area contributed by atoms with Crippen molar-refractivity contribution >= 4 is 13.7 Å². The molecule has 1 amide bonds. The number of unbranched alkanes of at least 4 members (excludes halogenated alkanes) is 31. The molecule has 0 aromatic rings. The summed E-state index contributed by atoms with van der Waals surface area (Å²) in [7, 11) is 1.30. The van der Waals surface area contributed by atoms with Crippen LogP contribution in [0.5, 0.6) is 0 Å². The van der Waals surface area contributed by atoms with Crippen molar-refractivity contribution < 1.29 is 32.9 Å². The lowest BCUT2D eigenvalue weighted by atomic mass is 10.0. The highest BCUT2D eigenvalue weighted by Crippen LogP contribution is 2.38. The number of carbonyl (C=O) groups excluding carboxylic acids is 1. The van der Waals surface area contributed by atoms with E-state index in [1.165, 1.54) is 161 Å². The van der Waals surface area contributed by atoms with Gasteiger partial charge >= 0.3 is 0 Å². The highest BCUT2D eigenvalue weighted by Gasteiger charge is 2.24. The standard InChI is InChI=1S/C61H115N2O6P/c1-6-8-10-12-14-16-18-20-22-24-26-28-30-31-33-34-36-38-40-42-44-46-48-50-52-54-60(64)59(58-69-70(66,67)68-57-56-63(3,4)5)62-61(65)55-53-51-49-47-45-43-41-39-37-35-32-29-27-25-23-21-19-17-15-13-11-9-7-2/h9,11,15,17,21,23,27,29,35,37,59-60,64H,6-8,10,12-14,16,18-20,22,24-26,28,30-34,36,38-58H2,1-5H3,(H-,62,65,66,67)/b11-9-,17-15-,23-21-,29-27-,37-35-. The lowest BCUT2D eigenvalue weighted by Gasteiger charge is -2.30. The Hall–Kier alpha value is -1.80. The summed E-state index contributed by atoms with van der Waals surface area (Å²) in [6, 6.07) is -0.811. The van der Waals surface area contributed by atoms with Crippen molar-refractivity contribution in [2.45, 2.75) is 283 Å². The number of carbonyl (C=O) groups is 1. The van der Waals surface area contributed by atoms with Crippen LogP contribution in [0.2, 0.25) is 0 Å². The maximum atomic E-state index is 13.0. The van der Waals surface area contributed by atoms with Gasteiger partial charge in [0.1, 0.15) is 13.2 Å². The zero-order chi connectivity index (χ0) is 51.3. The number of aliphatic hydroxyl groups is 1. The summed E-state index contributed by atoms with van der Waals surface area (Å²) in [4.78, 5) is 25.6. The van der Waals surface area contributed by atoms with E-state index in [4.69, 9.17) is 9.05 Å². The molecule has 0 aliphatic heterocycles. The van der Waals surface area contributed by atoms with E-state index in [9.17, 15) is 19.4 Å². The molecule has 410 valence electrons. The zero-order valence-corrected chi connectivity index (χ0v) is 47.6. The second-order valence-electron chi connectivity index (χ2n) is 21.3. The lowest BCUT2D eigenvalue weighted by Crippen LogP contribution is -2.46. The number of likely N-dealkylation sites (N-methyl/N-ethyl adjacent to an activating group) is 1. The third-order valence-electron chi connectivity index (χ3n) is 13.3. The average Bonchev–Trinajstić information content (AvgIpc) is 3.32. The molecule has 70 heavy (non-hydrogen) atoms. The Morgan fingerprint density at radius 1 is 0.514 bits per heavy atom. The van der Waals surface area contributed by atoms with Crippen molar-refractivity contribution in [1.29, 1.82) is 0 Å². The first kappa shape index (κ1) is 68.2. The Bertz CT molecular complexity index is 1320. The number of aliphatic hydroxyl groups excluding tert-OH is 1. The van der Waals surface area contributed by atoms with E-state index in [0.29, 0.717) is 23.9 Å². The summed E-state index contributed by atoms with van der Waals surface area (Å²) < 4.78 is 23.4. The molecule has 2 N–H and O–H groups in total. The van der Waals surface area contributed by atoms with Gasteiger partial charge in [0.15, 0.2) is 0 Å². The minimum atomic E-state index is -4.58. The Morgan fingerprint density at radius 3 is 1.27 bits per heavy atom. The first-order valence-corrected chi connectivity index (χ1v) is 31.1. The topological polar surface area (TPSA) is 108 Å². The number of amides is 1. The molecule has 0 radical (unpaired) electrons. The fraction of sp³-hybridized carbons (Fsp3) is 0.820. The highest BCUT2D eigenvalue weighted by atomic mass is 31.2. The van der Waals surface area contributed by atoms with E-state index >= 15 is 0 Å². The molecule has 0 heterocycles. The predicted molar refractivity (Wildman–Crippen MR) is 302 cm³/mol. The summed E-state index contributed by atoms with van der Waals surface area (Å²) in [5.74, 6) is -0.175. The molecular weight excluding hydrogens is 888 g/mol. The number of nitrogens with one attached hydrogen (secondary N) is 1. The molecule has 3 unspecified atom stereocenters. The number of rotatable bonds is 54. The Balaban J connectivity index is 4.18. The SMILES string of the molecule is CC/C=C\C/C=C\C/C=C\C/C=C\C/C=C\CCCCCCCCCC(=O)NC(COP(=O)([O-])OCC[N+](C)(C)C)C(O)CCCCCCCCCCCCCCCCCCCCCCCCCCC. The van der Waals surface area contributed by atoms with Crippen molar-refractivity contribution in [3.05, 3.63) is 60.8 Å². The van der Waals surface area contributed by atoms with Gasteiger partial charge in [0.25, 0.3) is 7.82 Å². The van der Waals surface area contributed by atoms with Crippen LogP contribution in [0.3, 0.4) is 0 Å². The van der Waals surface area contributed by atoms with Gasteiger partial charge in [-0.15, -0.1) is 0 Å². The molecule has 0 aromatic heterocycles. The minimum absolute atomic E-state index is 0.00766. The number of nitrogens with zero attached hydrogens (tertiary/aromatic N) is 1. The van der Waals surface area contributed by atoms with E-state index in [-0.39, 0.29) is 19.1 Å².